The van der Waals surface area contributed by atoms with E-state index in [-0.39, 0.29) is 17.0 Å². The fourth-order valence-electron chi connectivity index (χ4n) is 4.06. The van der Waals surface area contributed by atoms with Crippen LogP contribution in [0.2, 0.25) is 0 Å². The van der Waals surface area contributed by atoms with Crippen LogP contribution in [0.3, 0.4) is 0 Å². The zero-order valence-electron chi connectivity index (χ0n) is 20.3. The van der Waals surface area contributed by atoms with Crippen molar-refractivity contribution in [1.82, 2.24) is 4.57 Å². The van der Waals surface area contributed by atoms with Crippen molar-refractivity contribution >= 4 is 34.8 Å². The number of rotatable bonds is 6. The fraction of sp³-hybridized carbons (Fsp3) is 0.222. The van der Waals surface area contributed by atoms with Crippen LogP contribution < -0.4 is 30.0 Å². The Balaban J connectivity index is 2.08. The highest BCUT2D eigenvalue weighted by Gasteiger charge is 2.36. The molecule has 36 heavy (non-hydrogen) atoms. The Morgan fingerprint density at radius 1 is 1.14 bits per heavy atom. The lowest BCUT2D eigenvalue weighted by Gasteiger charge is -2.25. The van der Waals surface area contributed by atoms with Crippen LogP contribution >= 0.6 is 11.3 Å². The van der Waals surface area contributed by atoms with Crippen LogP contribution in [-0.4, -0.2) is 30.9 Å². The number of aromatic nitrogens is 1. The molecule has 0 radical (unpaired) electrons. The van der Waals surface area contributed by atoms with Crippen LogP contribution in [-0.2, 0) is 9.53 Å². The minimum absolute atomic E-state index is 0.0204. The van der Waals surface area contributed by atoms with Crippen molar-refractivity contribution < 1.29 is 19.0 Å². The van der Waals surface area contributed by atoms with Crippen molar-refractivity contribution in [3.63, 3.8) is 0 Å². The second kappa shape index (κ2) is 10.1. The van der Waals surface area contributed by atoms with Gasteiger partial charge in [0.05, 0.1) is 48.0 Å². The third kappa shape index (κ3) is 4.51. The predicted octanol–water partition coefficient (Wildman–Crippen LogP) is 2.31. The number of methoxy groups -OCH3 is 2. The zero-order chi connectivity index (χ0) is 26.0. The first-order valence-electron chi connectivity index (χ1n) is 11.2. The van der Waals surface area contributed by atoms with E-state index in [2.05, 4.69) is 6.07 Å². The molecule has 2 aromatic carbocycles. The highest BCUT2D eigenvalue weighted by molar-refractivity contribution is 7.07. The van der Waals surface area contributed by atoms with E-state index in [9.17, 15) is 14.9 Å². The van der Waals surface area contributed by atoms with Gasteiger partial charge in [-0.3, -0.25) is 9.36 Å². The van der Waals surface area contributed by atoms with Gasteiger partial charge in [0.25, 0.3) is 5.56 Å². The Bertz CT molecular complexity index is 1590. The summed E-state index contributed by atoms with van der Waals surface area (Å²) in [5, 5.41) is 10.1. The quantitative estimate of drug-likeness (QED) is 0.513. The molecule has 0 saturated heterocycles. The molecule has 1 atom stereocenters. The molecule has 184 valence electrons. The summed E-state index contributed by atoms with van der Waals surface area (Å²) in [5.74, 6) is -0.281. The van der Waals surface area contributed by atoms with Crippen molar-refractivity contribution in [1.29, 1.82) is 5.26 Å². The van der Waals surface area contributed by atoms with Crippen LogP contribution in [0.15, 0.2) is 58.9 Å². The lowest BCUT2D eigenvalue weighted by molar-refractivity contribution is -0.140. The number of nitrogens with zero attached hydrogens (tertiary/aromatic N) is 2. The molecule has 2 heterocycles. The molecule has 0 spiro atoms. The number of nitriles is 1. The smallest absolute Gasteiger partial charge is 0.338 e. The lowest BCUT2D eigenvalue weighted by atomic mass is 9.83. The van der Waals surface area contributed by atoms with Crippen molar-refractivity contribution in [2.45, 2.75) is 25.9 Å². The van der Waals surface area contributed by atoms with Gasteiger partial charge in [0.2, 0.25) is 0 Å². The molecule has 1 aromatic heterocycles. The van der Waals surface area contributed by atoms with E-state index >= 15 is 0 Å². The number of hydrogen-bond acceptors (Lipinski definition) is 8. The van der Waals surface area contributed by atoms with Crippen molar-refractivity contribution in [3.8, 4) is 17.6 Å². The Morgan fingerprint density at radius 2 is 1.81 bits per heavy atom. The number of allylic oxidation sites excluding steroid dienone is 1. The summed E-state index contributed by atoms with van der Waals surface area (Å²) in [5.41, 5.74) is 7.60. The third-order valence-electron chi connectivity index (χ3n) is 5.65. The monoisotopic (exact) mass is 503 g/mol. The Hall–Kier alpha value is -4.29. The number of fused-ring (bicyclic) bond motifs is 1. The molecule has 8 nitrogen and oxygen atoms in total. The zero-order valence-corrected chi connectivity index (χ0v) is 21.1. The Morgan fingerprint density at radius 3 is 2.44 bits per heavy atom. The second-order valence-corrected chi connectivity index (χ2v) is 9.35. The van der Waals surface area contributed by atoms with E-state index in [4.69, 9.17) is 19.9 Å². The highest BCUT2D eigenvalue weighted by atomic mass is 32.1. The lowest BCUT2D eigenvalue weighted by Crippen LogP contribution is -2.40. The normalized spacial score (nSPS) is 15.5. The maximum atomic E-state index is 13.5. The number of hydrogen-bond donors (Lipinski definition) is 1. The minimum Gasteiger partial charge on any atom is -0.497 e. The number of nitrogens with two attached hydrogens (primary N) is 1. The summed E-state index contributed by atoms with van der Waals surface area (Å²) in [6, 6.07) is 16.4. The standard InChI is InChI=1S/C27H25N3O5S/c1-15(2)35-27(32)23-22(17-8-6-10-19(13-17)34-4)20(14-28)24(29)30-25(31)21(36-26(23)30)12-16-7-5-9-18(11-16)33-3/h5-13,15,22H,29H2,1-4H3. The van der Waals surface area contributed by atoms with E-state index in [0.29, 0.717) is 26.3 Å². The molecule has 1 aliphatic heterocycles. The Labute approximate surface area is 211 Å². The molecular formula is C27H25N3O5S. The minimum atomic E-state index is -0.834. The molecule has 9 heteroatoms. The van der Waals surface area contributed by atoms with Gasteiger partial charge < -0.3 is 19.9 Å². The highest BCUT2D eigenvalue weighted by Crippen LogP contribution is 2.37. The molecule has 0 fully saturated rings. The SMILES string of the molecule is COc1cccc(C=c2sc3n(c2=O)C(N)=C(C#N)C(c2cccc(OC)c2)C=3C(=O)OC(C)C)c1. The van der Waals surface area contributed by atoms with Crippen molar-refractivity contribution in [2.24, 2.45) is 5.73 Å². The third-order valence-corrected chi connectivity index (χ3v) is 6.76. The van der Waals surface area contributed by atoms with Gasteiger partial charge in [-0.2, -0.15) is 5.26 Å². The summed E-state index contributed by atoms with van der Waals surface area (Å²) in [7, 11) is 3.09. The van der Waals surface area contributed by atoms with Gasteiger partial charge in [-0.1, -0.05) is 24.3 Å². The topological polar surface area (TPSA) is 117 Å². The molecule has 2 N–H and O–H groups in total. The second-order valence-electron chi connectivity index (χ2n) is 8.32. The van der Waals surface area contributed by atoms with E-state index in [1.54, 1.807) is 63.4 Å². The maximum absolute atomic E-state index is 13.5. The van der Waals surface area contributed by atoms with E-state index < -0.39 is 23.6 Å². The summed E-state index contributed by atoms with van der Waals surface area (Å²) in [4.78, 5) is 26.9. The number of thiazole rings is 1. The number of ether oxygens (including phenoxy) is 3. The summed E-state index contributed by atoms with van der Waals surface area (Å²) >= 11 is 1.12. The average Bonchev–Trinajstić information content (AvgIpc) is 3.19. The predicted molar refractivity (Wildman–Crippen MR) is 138 cm³/mol. The van der Waals surface area contributed by atoms with Gasteiger partial charge in [-0.15, -0.1) is 11.3 Å². The van der Waals surface area contributed by atoms with Crippen LogP contribution in [0.25, 0.3) is 17.5 Å². The maximum Gasteiger partial charge on any atom is 0.338 e. The van der Waals surface area contributed by atoms with E-state index in [1.165, 1.54) is 11.7 Å². The summed E-state index contributed by atoms with van der Waals surface area (Å²) < 4.78 is 18.1. The first kappa shape index (κ1) is 24.8. The Kier molecular flexibility index (Phi) is 6.99. The van der Waals surface area contributed by atoms with Crippen LogP contribution in [0.1, 0.15) is 30.9 Å². The fourth-order valence-corrected chi connectivity index (χ4v) is 5.22. The van der Waals surface area contributed by atoms with E-state index in [1.807, 2.05) is 12.1 Å². The number of carbonyl (C=O) groups is 1. The summed E-state index contributed by atoms with van der Waals surface area (Å²) in [6.45, 7) is 3.47. The molecule has 0 saturated carbocycles. The average molecular weight is 504 g/mol. The number of carbonyl (C=O) groups excluding carboxylic acids is 1. The largest absolute Gasteiger partial charge is 0.497 e. The molecule has 0 amide bonds. The van der Waals surface area contributed by atoms with Gasteiger partial charge in [0.15, 0.2) is 0 Å². The molecule has 1 aliphatic rings. The van der Waals surface area contributed by atoms with E-state index in [0.717, 1.165) is 16.9 Å². The number of benzene rings is 2. The molecule has 4 rings (SSSR count). The van der Waals surface area contributed by atoms with Gasteiger partial charge >= 0.3 is 5.97 Å². The molecule has 3 aromatic rings. The number of esters is 1. The summed E-state index contributed by atoms with van der Waals surface area (Å²) in [6.07, 6.45) is 1.29. The molecule has 0 aliphatic carbocycles. The molecular weight excluding hydrogens is 478 g/mol. The van der Waals surface area contributed by atoms with Gasteiger partial charge in [0.1, 0.15) is 22.0 Å². The van der Waals surface area contributed by atoms with Crippen LogP contribution in [0.5, 0.6) is 11.5 Å². The first-order valence-corrected chi connectivity index (χ1v) is 12.0. The van der Waals surface area contributed by atoms with Gasteiger partial charge in [0, 0.05) is 0 Å². The van der Waals surface area contributed by atoms with Crippen LogP contribution in [0, 0.1) is 11.3 Å². The van der Waals surface area contributed by atoms with Gasteiger partial charge in [-0.05, 0) is 55.3 Å². The van der Waals surface area contributed by atoms with Crippen molar-refractivity contribution in [3.05, 3.63) is 84.8 Å². The van der Waals surface area contributed by atoms with Crippen LogP contribution in [0.4, 0.5) is 0 Å². The molecule has 1 unspecified atom stereocenters. The van der Waals surface area contributed by atoms with Crippen molar-refractivity contribution in [2.75, 3.05) is 14.2 Å². The first-order chi connectivity index (χ1) is 17.3. The van der Waals surface area contributed by atoms with Gasteiger partial charge in [-0.25, -0.2) is 4.79 Å². The molecule has 0 bridgehead atoms.